The van der Waals surface area contributed by atoms with Crippen LogP contribution in [0.4, 0.5) is 0 Å². The van der Waals surface area contributed by atoms with E-state index in [9.17, 15) is 9.90 Å². The summed E-state index contributed by atoms with van der Waals surface area (Å²) < 4.78 is 10.4. The SMILES string of the molecule is CCC1(C(=O)O)CCCN1Cc1noc(-c2ccco2)n1. The lowest BCUT2D eigenvalue weighted by molar-refractivity contribution is -0.150. The minimum Gasteiger partial charge on any atom is -0.480 e. The fourth-order valence-corrected chi connectivity index (χ4v) is 2.95. The molecule has 1 aliphatic heterocycles. The molecule has 112 valence electrons. The molecule has 0 saturated carbocycles. The third-order valence-electron chi connectivity index (χ3n) is 4.14. The zero-order chi connectivity index (χ0) is 14.9. The van der Waals surface area contributed by atoms with E-state index < -0.39 is 11.5 Å². The highest BCUT2D eigenvalue weighted by molar-refractivity contribution is 5.79. The standard InChI is InChI=1S/C14H17N3O4/c1-2-14(13(18)19)6-4-7-17(14)9-11-15-12(21-16-11)10-5-3-8-20-10/h3,5,8H,2,4,6-7,9H2,1H3,(H,18,19). The number of carboxylic acid groups (broad SMARTS) is 1. The van der Waals surface area contributed by atoms with E-state index in [1.54, 1.807) is 12.1 Å². The summed E-state index contributed by atoms with van der Waals surface area (Å²) in [6.45, 7) is 2.99. The Bertz CT molecular complexity index is 622. The van der Waals surface area contributed by atoms with Crippen LogP contribution >= 0.6 is 0 Å². The predicted octanol–water partition coefficient (Wildman–Crippen LogP) is 2.16. The molecule has 0 amide bonds. The molecule has 3 rings (SSSR count). The van der Waals surface area contributed by atoms with Crippen molar-refractivity contribution in [2.24, 2.45) is 0 Å². The van der Waals surface area contributed by atoms with Crippen molar-refractivity contribution in [1.82, 2.24) is 15.0 Å². The summed E-state index contributed by atoms with van der Waals surface area (Å²) in [5, 5.41) is 13.5. The number of hydrogen-bond acceptors (Lipinski definition) is 6. The van der Waals surface area contributed by atoms with Crippen molar-refractivity contribution < 1.29 is 18.8 Å². The first kappa shape index (κ1) is 13.8. The van der Waals surface area contributed by atoms with Gasteiger partial charge in [0, 0.05) is 0 Å². The zero-order valence-corrected chi connectivity index (χ0v) is 11.8. The second kappa shape index (κ2) is 5.33. The monoisotopic (exact) mass is 291 g/mol. The number of rotatable bonds is 5. The summed E-state index contributed by atoms with van der Waals surface area (Å²) in [5.41, 5.74) is -0.814. The van der Waals surface area contributed by atoms with Crippen LogP contribution in [0.2, 0.25) is 0 Å². The van der Waals surface area contributed by atoms with Crippen molar-refractivity contribution >= 4 is 5.97 Å². The average molecular weight is 291 g/mol. The van der Waals surface area contributed by atoms with Crippen molar-refractivity contribution in [2.75, 3.05) is 6.54 Å². The van der Waals surface area contributed by atoms with Crippen LogP contribution in [-0.4, -0.2) is 38.2 Å². The van der Waals surface area contributed by atoms with Crippen LogP contribution in [0.15, 0.2) is 27.3 Å². The molecule has 1 saturated heterocycles. The fourth-order valence-electron chi connectivity index (χ4n) is 2.95. The van der Waals surface area contributed by atoms with Gasteiger partial charge in [0.15, 0.2) is 11.6 Å². The molecular weight excluding hydrogens is 274 g/mol. The van der Waals surface area contributed by atoms with Gasteiger partial charge in [0.25, 0.3) is 5.89 Å². The van der Waals surface area contributed by atoms with Crippen molar-refractivity contribution in [2.45, 2.75) is 38.3 Å². The predicted molar refractivity (Wildman–Crippen MR) is 72.3 cm³/mol. The highest BCUT2D eigenvalue weighted by atomic mass is 16.5. The molecule has 0 bridgehead atoms. The lowest BCUT2D eigenvalue weighted by atomic mass is 9.93. The van der Waals surface area contributed by atoms with Crippen LogP contribution in [-0.2, 0) is 11.3 Å². The second-order valence-corrected chi connectivity index (χ2v) is 5.21. The lowest BCUT2D eigenvalue weighted by Gasteiger charge is -2.32. The average Bonchev–Trinajstić information content (AvgIpc) is 3.19. The van der Waals surface area contributed by atoms with Crippen molar-refractivity contribution in [1.29, 1.82) is 0 Å². The molecular formula is C14H17N3O4. The largest absolute Gasteiger partial charge is 0.480 e. The number of furan rings is 1. The third-order valence-corrected chi connectivity index (χ3v) is 4.14. The van der Waals surface area contributed by atoms with Gasteiger partial charge >= 0.3 is 5.97 Å². The van der Waals surface area contributed by atoms with E-state index >= 15 is 0 Å². The zero-order valence-electron chi connectivity index (χ0n) is 11.8. The van der Waals surface area contributed by atoms with Crippen LogP contribution in [0, 0.1) is 0 Å². The highest BCUT2D eigenvalue weighted by Crippen LogP contribution is 2.34. The van der Waals surface area contributed by atoms with Gasteiger partial charge in [0.1, 0.15) is 5.54 Å². The van der Waals surface area contributed by atoms with Gasteiger partial charge in [-0.1, -0.05) is 12.1 Å². The quantitative estimate of drug-likeness (QED) is 0.902. The number of likely N-dealkylation sites (tertiary alicyclic amines) is 1. The molecule has 0 aliphatic carbocycles. The van der Waals surface area contributed by atoms with Crippen LogP contribution in [0.5, 0.6) is 0 Å². The normalized spacial score (nSPS) is 22.7. The molecule has 1 atom stereocenters. The molecule has 7 nitrogen and oxygen atoms in total. The number of nitrogens with zero attached hydrogens (tertiary/aromatic N) is 3. The Labute approximate surface area is 121 Å². The fraction of sp³-hybridized carbons (Fsp3) is 0.500. The van der Waals surface area contributed by atoms with Crippen molar-refractivity contribution in [3.05, 3.63) is 24.2 Å². The van der Waals surface area contributed by atoms with E-state index in [0.717, 1.165) is 13.0 Å². The lowest BCUT2D eigenvalue weighted by Crippen LogP contribution is -2.49. The summed E-state index contributed by atoms with van der Waals surface area (Å²) in [5.74, 6) is 0.515. The molecule has 0 radical (unpaired) electrons. The Morgan fingerprint density at radius 2 is 2.43 bits per heavy atom. The maximum Gasteiger partial charge on any atom is 0.324 e. The number of carbonyl (C=O) groups is 1. The van der Waals surface area contributed by atoms with E-state index in [2.05, 4.69) is 10.1 Å². The summed E-state index contributed by atoms with van der Waals surface area (Å²) in [4.78, 5) is 17.8. The molecule has 0 spiro atoms. The van der Waals surface area contributed by atoms with Gasteiger partial charge in [-0.15, -0.1) is 0 Å². The number of carboxylic acids is 1. The number of aliphatic carboxylic acids is 1. The summed E-state index contributed by atoms with van der Waals surface area (Å²) in [6, 6.07) is 3.48. The maximum absolute atomic E-state index is 11.6. The topological polar surface area (TPSA) is 92.6 Å². The van der Waals surface area contributed by atoms with E-state index in [4.69, 9.17) is 8.94 Å². The van der Waals surface area contributed by atoms with Crippen molar-refractivity contribution in [3.63, 3.8) is 0 Å². The summed E-state index contributed by atoms with van der Waals surface area (Å²) in [6.07, 6.45) is 3.61. The van der Waals surface area contributed by atoms with E-state index in [1.807, 2.05) is 11.8 Å². The summed E-state index contributed by atoms with van der Waals surface area (Å²) in [7, 11) is 0. The minimum absolute atomic E-state index is 0.312. The molecule has 1 aliphatic rings. The van der Waals surface area contributed by atoms with Crippen LogP contribution in [0.3, 0.4) is 0 Å². The van der Waals surface area contributed by atoms with Gasteiger partial charge in [-0.25, -0.2) is 0 Å². The van der Waals surface area contributed by atoms with Crippen LogP contribution < -0.4 is 0 Å². The van der Waals surface area contributed by atoms with E-state index in [-0.39, 0.29) is 0 Å². The Balaban J connectivity index is 1.79. The van der Waals surface area contributed by atoms with E-state index in [1.165, 1.54) is 6.26 Å². The molecule has 7 heteroatoms. The first-order valence-corrected chi connectivity index (χ1v) is 7.00. The number of hydrogen-bond donors (Lipinski definition) is 1. The highest BCUT2D eigenvalue weighted by Gasteiger charge is 2.46. The molecule has 0 aromatic carbocycles. The molecule has 3 heterocycles. The second-order valence-electron chi connectivity index (χ2n) is 5.21. The molecule has 1 unspecified atom stereocenters. The first-order valence-electron chi connectivity index (χ1n) is 7.00. The molecule has 1 fully saturated rings. The Morgan fingerprint density at radius 1 is 1.57 bits per heavy atom. The van der Waals surface area contributed by atoms with E-state index in [0.29, 0.717) is 36.9 Å². The van der Waals surface area contributed by atoms with Gasteiger partial charge < -0.3 is 14.0 Å². The smallest absolute Gasteiger partial charge is 0.324 e. The van der Waals surface area contributed by atoms with Gasteiger partial charge in [-0.2, -0.15) is 4.98 Å². The molecule has 2 aromatic rings. The van der Waals surface area contributed by atoms with Crippen molar-refractivity contribution in [3.8, 4) is 11.7 Å². The van der Waals surface area contributed by atoms with Gasteiger partial charge in [0.05, 0.1) is 12.8 Å². The summed E-state index contributed by atoms with van der Waals surface area (Å²) >= 11 is 0. The third kappa shape index (κ3) is 2.33. The Kier molecular flexibility index (Phi) is 3.50. The van der Waals surface area contributed by atoms with Gasteiger partial charge in [-0.05, 0) is 37.9 Å². The molecule has 21 heavy (non-hydrogen) atoms. The Hall–Kier alpha value is -2.15. The number of aromatic nitrogens is 2. The Morgan fingerprint density at radius 3 is 3.10 bits per heavy atom. The molecule has 2 aromatic heterocycles. The van der Waals surface area contributed by atoms with Crippen LogP contribution in [0.1, 0.15) is 32.0 Å². The maximum atomic E-state index is 11.6. The molecule has 1 N–H and O–H groups in total. The van der Waals surface area contributed by atoms with Gasteiger partial charge in [-0.3, -0.25) is 9.69 Å². The van der Waals surface area contributed by atoms with Gasteiger partial charge in [0.2, 0.25) is 0 Å². The minimum atomic E-state index is -0.814. The first-order chi connectivity index (χ1) is 10.2. The van der Waals surface area contributed by atoms with Crippen LogP contribution in [0.25, 0.3) is 11.7 Å².